The largest absolute Gasteiger partial charge is 0.371 e. The molecule has 8 heteroatoms. The maximum Gasteiger partial charge on any atom is 0.221 e. The van der Waals surface area contributed by atoms with Crippen molar-refractivity contribution in [1.29, 1.82) is 0 Å². The fourth-order valence-electron chi connectivity index (χ4n) is 4.31. The normalized spacial score (nSPS) is 15.1. The number of aromatic nitrogens is 1. The summed E-state index contributed by atoms with van der Waals surface area (Å²) in [6.07, 6.45) is 1.60. The molecule has 4 rings (SSSR count). The van der Waals surface area contributed by atoms with Crippen molar-refractivity contribution in [1.82, 2.24) is 10.3 Å². The lowest BCUT2D eigenvalue weighted by Gasteiger charge is -2.34. The Morgan fingerprint density at radius 2 is 1.67 bits per heavy atom. The first kappa shape index (κ1) is 23.5. The van der Waals surface area contributed by atoms with Crippen LogP contribution in [0.25, 0.3) is 10.8 Å². The van der Waals surface area contributed by atoms with E-state index in [0.29, 0.717) is 5.02 Å². The van der Waals surface area contributed by atoms with Gasteiger partial charge in [-0.15, -0.1) is 0 Å². The molecule has 0 spiro atoms. The molecule has 2 heterocycles. The summed E-state index contributed by atoms with van der Waals surface area (Å²) in [5.74, 6) is -0.438. The number of pyridine rings is 1. The highest BCUT2D eigenvalue weighted by Gasteiger charge is 2.23. The number of piperidine rings is 1. The van der Waals surface area contributed by atoms with Gasteiger partial charge in [0.25, 0.3) is 0 Å². The predicted molar refractivity (Wildman–Crippen MR) is 133 cm³/mol. The van der Waals surface area contributed by atoms with Gasteiger partial charge in [0.15, 0.2) is 9.84 Å². The number of nitrogens with one attached hydrogen (secondary N) is 1. The Morgan fingerprint density at radius 3 is 2.36 bits per heavy atom. The monoisotopic (exact) mass is 485 g/mol. The molecule has 1 amide bonds. The number of rotatable bonds is 6. The standard InChI is InChI=1S/C25H28ClN3O3S/c1-17-13-23(14-18(2)27-17)29-10-7-22(8-11-29)28-25(30)9-12-33(31,32)24-6-4-19-15-21(26)5-3-20(19)16-24/h3-6,13-16,22H,7-12H2,1-2H3,(H,28,30). The van der Waals surface area contributed by atoms with Crippen LogP contribution in [0.1, 0.15) is 30.7 Å². The Hall–Kier alpha value is -2.64. The highest BCUT2D eigenvalue weighted by molar-refractivity contribution is 7.91. The number of hydrogen-bond donors (Lipinski definition) is 1. The van der Waals surface area contributed by atoms with Crippen LogP contribution in [0.15, 0.2) is 53.4 Å². The van der Waals surface area contributed by atoms with Crippen molar-refractivity contribution in [3.05, 3.63) is 64.9 Å². The average molecular weight is 486 g/mol. The van der Waals surface area contributed by atoms with Crippen molar-refractivity contribution in [2.75, 3.05) is 23.7 Å². The van der Waals surface area contributed by atoms with Crippen molar-refractivity contribution < 1.29 is 13.2 Å². The number of benzene rings is 2. The maximum atomic E-state index is 12.8. The number of nitrogens with zero attached hydrogens (tertiary/aromatic N) is 2. The highest BCUT2D eigenvalue weighted by Crippen LogP contribution is 2.24. The van der Waals surface area contributed by atoms with Gasteiger partial charge < -0.3 is 10.2 Å². The lowest BCUT2D eigenvalue weighted by atomic mass is 10.0. The lowest BCUT2D eigenvalue weighted by Crippen LogP contribution is -2.45. The summed E-state index contributed by atoms with van der Waals surface area (Å²) < 4.78 is 25.6. The molecule has 174 valence electrons. The fraction of sp³-hybridized carbons (Fsp3) is 0.360. The molecule has 1 saturated heterocycles. The van der Waals surface area contributed by atoms with Crippen LogP contribution in [0.5, 0.6) is 0 Å². The smallest absolute Gasteiger partial charge is 0.221 e. The first-order valence-corrected chi connectivity index (χ1v) is 13.1. The Bertz CT molecular complexity index is 1270. The minimum absolute atomic E-state index is 0.0516. The highest BCUT2D eigenvalue weighted by atomic mass is 35.5. The van der Waals surface area contributed by atoms with Crippen LogP contribution in [0.3, 0.4) is 0 Å². The molecule has 2 aromatic carbocycles. The number of halogens is 1. The van der Waals surface area contributed by atoms with Crippen LogP contribution < -0.4 is 10.2 Å². The minimum atomic E-state index is -3.56. The van der Waals surface area contributed by atoms with E-state index in [0.717, 1.165) is 53.8 Å². The Kier molecular flexibility index (Phi) is 6.91. The summed E-state index contributed by atoms with van der Waals surface area (Å²) in [4.78, 5) is 19.4. The molecule has 3 aromatic rings. The van der Waals surface area contributed by atoms with Gasteiger partial charge >= 0.3 is 0 Å². The van der Waals surface area contributed by atoms with Crippen molar-refractivity contribution in [3.8, 4) is 0 Å². The molecule has 0 bridgehead atoms. The number of anilines is 1. The molecule has 0 radical (unpaired) electrons. The van der Waals surface area contributed by atoms with Crippen LogP contribution in [-0.4, -0.2) is 44.2 Å². The third kappa shape index (κ3) is 5.84. The van der Waals surface area contributed by atoms with Crippen molar-refractivity contribution in [2.45, 2.75) is 44.0 Å². The van der Waals surface area contributed by atoms with E-state index in [9.17, 15) is 13.2 Å². The van der Waals surface area contributed by atoms with Crippen LogP contribution in [0, 0.1) is 13.8 Å². The summed E-state index contributed by atoms with van der Waals surface area (Å²) in [5, 5.41) is 5.30. The molecule has 6 nitrogen and oxygen atoms in total. The Balaban J connectivity index is 1.30. The molecule has 1 aliphatic heterocycles. The average Bonchev–Trinajstić information content (AvgIpc) is 2.77. The zero-order chi connectivity index (χ0) is 23.6. The second kappa shape index (κ2) is 9.69. The van der Waals surface area contributed by atoms with Gasteiger partial charge in [0.1, 0.15) is 0 Å². The van der Waals surface area contributed by atoms with Gasteiger partial charge in [0.05, 0.1) is 10.6 Å². The second-order valence-corrected chi connectivity index (χ2v) is 11.2. The molecule has 1 aliphatic rings. The molecule has 0 saturated carbocycles. The van der Waals surface area contributed by atoms with Gasteiger partial charge in [-0.3, -0.25) is 9.78 Å². The number of aryl methyl sites for hydroxylation is 2. The molecular weight excluding hydrogens is 458 g/mol. The van der Waals surface area contributed by atoms with Gasteiger partial charge in [0.2, 0.25) is 5.91 Å². The van der Waals surface area contributed by atoms with Gasteiger partial charge in [-0.2, -0.15) is 0 Å². The first-order valence-electron chi connectivity index (χ1n) is 11.1. The van der Waals surface area contributed by atoms with Gasteiger partial charge in [-0.05, 0) is 73.9 Å². The predicted octanol–water partition coefficient (Wildman–Crippen LogP) is 4.45. The van der Waals surface area contributed by atoms with Crippen molar-refractivity contribution in [2.24, 2.45) is 0 Å². The van der Waals surface area contributed by atoms with Crippen LogP contribution in [0.4, 0.5) is 5.69 Å². The van der Waals surface area contributed by atoms with E-state index in [-0.39, 0.29) is 29.0 Å². The Labute approximate surface area is 199 Å². The molecule has 1 N–H and O–H groups in total. The number of carbonyl (C=O) groups excluding carboxylic acids is 1. The molecule has 1 fully saturated rings. The number of fused-ring (bicyclic) bond motifs is 1. The van der Waals surface area contributed by atoms with Crippen LogP contribution in [0.2, 0.25) is 5.02 Å². The Morgan fingerprint density at radius 1 is 1.03 bits per heavy atom. The zero-order valence-corrected chi connectivity index (χ0v) is 20.4. The third-order valence-electron chi connectivity index (χ3n) is 6.02. The summed E-state index contributed by atoms with van der Waals surface area (Å²) in [6, 6.07) is 14.5. The van der Waals surface area contributed by atoms with E-state index in [4.69, 9.17) is 11.6 Å². The zero-order valence-electron chi connectivity index (χ0n) is 18.8. The quantitative estimate of drug-likeness (QED) is 0.557. The number of hydrogen-bond acceptors (Lipinski definition) is 5. The molecule has 33 heavy (non-hydrogen) atoms. The molecule has 0 unspecified atom stereocenters. The van der Waals surface area contributed by atoms with Gasteiger partial charge in [-0.25, -0.2) is 8.42 Å². The summed E-state index contributed by atoms with van der Waals surface area (Å²) in [5.41, 5.74) is 3.15. The van der Waals surface area contributed by atoms with Gasteiger partial charge in [0, 0.05) is 47.7 Å². The van der Waals surface area contributed by atoms with E-state index in [2.05, 4.69) is 27.3 Å². The maximum absolute atomic E-state index is 12.8. The minimum Gasteiger partial charge on any atom is -0.371 e. The topological polar surface area (TPSA) is 79.4 Å². The summed E-state index contributed by atoms with van der Waals surface area (Å²) >= 11 is 6.00. The lowest BCUT2D eigenvalue weighted by molar-refractivity contribution is -0.121. The second-order valence-electron chi connectivity index (χ2n) is 8.66. The van der Waals surface area contributed by atoms with E-state index in [1.807, 2.05) is 13.8 Å². The summed E-state index contributed by atoms with van der Waals surface area (Å²) in [6.45, 7) is 5.66. The molecule has 1 aromatic heterocycles. The van der Waals surface area contributed by atoms with E-state index in [1.54, 1.807) is 36.4 Å². The molecule has 0 atom stereocenters. The SMILES string of the molecule is Cc1cc(N2CCC(NC(=O)CCS(=O)(=O)c3ccc4cc(Cl)ccc4c3)CC2)cc(C)n1. The van der Waals surface area contributed by atoms with E-state index < -0.39 is 9.84 Å². The third-order valence-corrected chi connectivity index (χ3v) is 7.97. The molecule has 0 aliphatic carbocycles. The van der Waals surface area contributed by atoms with Crippen LogP contribution in [-0.2, 0) is 14.6 Å². The first-order chi connectivity index (χ1) is 15.7. The van der Waals surface area contributed by atoms with Crippen molar-refractivity contribution in [3.63, 3.8) is 0 Å². The van der Waals surface area contributed by atoms with E-state index >= 15 is 0 Å². The van der Waals surface area contributed by atoms with Crippen LogP contribution >= 0.6 is 11.6 Å². The number of carbonyl (C=O) groups is 1. The van der Waals surface area contributed by atoms with Crippen molar-refractivity contribution >= 4 is 43.8 Å². The number of sulfone groups is 1. The molecular formula is C25H28ClN3O3S. The summed E-state index contributed by atoms with van der Waals surface area (Å²) in [7, 11) is -3.56. The van der Waals surface area contributed by atoms with Gasteiger partial charge in [-0.1, -0.05) is 23.7 Å². The van der Waals surface area contributed by atoms with E-state index in [1.165, 1.54) is 0 Å². The number of amides is 1. The fourth-order valence-corrected chi connectivity index (χ4v) is 5.76.